The van der Waals surface area contributed by atoms with E-state index in [1.165, 1.54) is 11.0 Å². The summed E-state index contributed by atoms with van der Waals surface area (Å²) in [6, 6.07) is 11.7. The molecule has 0 bridgehead atoms. The SMILES string of the molecule is CC1Oc2ccccc2N(CCC(=O)OCc2ccc(Br)cc2F)C1=O. The summed E-state index contributed by atoms with van der Waals surface area (Å²) in [6.45, 7) is 1.69. The number of benzene rings is 2. The van der Waals surface area contributed by atoms with Gasteiger partial charge in [0.25, 0.3) is 5.91 Å². The highest BCUT2D eigenvalue weighted by molar-refractivity contribution is 9.10. The Morgan fingerprint density at radius 3 is 2.85 bits per heavy atom. The second kappa shape index (κ2) is 7.86. The van der Waals surface area contributed by atoms with E-state index < -0.39 is 17.9 Å². The molecule has 3 rings (SSSR count). The van der Waals surface area contributed by atoms with Gasteiger partial charge in [-0.3, -0.25) is 9.59 Å². The average Bonchev–Trinajstić information content (AvgIpc) is 2.61. The van der Waals surface area contributed by atoms with Crippen LogP contribution in [-0.2, 0) is 20.9 Å². The van der Waals surface area contributed by atoms with Crippen molar-refractivity contribution in [1.29, 1.82) is 0 Å². The minimum atomic E-state index is -0.613. The van der Waals surface area contributed by atoms with E-state index >= 15 is 0 Å². The molecule has 7 heteroatoms. The highest BCUT2D eigenvalue weighted by atomic mass is 79.9. The first-order chi connectivity index (χ1) is 12.5. The van der Waals surface area contributed by atoms with Crippen LogP contribution in [-0.4, -0.2) is 24.5 Å². The lowest BCUT2D eigenvalue weighted by molar-refractivity contribution is -0.144. The van der Waals surface area contributed by atoms with Crippen molar-refractivity contribution in [1.82, 2.24) is 0 Å². The number of amides is 1. The fraction of sp³-hybridized carbons (Fsp3) is 0.263. The normalized spacial score (nSPS) is 16.0. The molecule has 1 atom stereocenters. The molecule has 0 saturated carbocycles. The number of para-hydroxylation sites is 2. The van der Waals surface area contributed by atoms with Crippen LogP contribution in [0.1, 0.15) is 18.9 Å². The molecule has 0 fully saturated rings. The maximum absolute atomic E-state index is 13.7. The predicted molar refractivity (Wildman–Crippen MR) is 97.4 cm³/mol. The summed E-state index contributed by atoms with van der Waals surface area (Å²) in [7, 11) is 0. The molecule has 1 aliphatic rings. The fourth-order valence-electron chi connectivity index (χ4n) is 2.66. The number of fused-ring (bicyclic) bond motifs is 1. The van der Waals surface area contributed by atoms with Gasteiger partial charge < -0.3 is 14.4 Å². The molecule has 1 heterocycles. The number of hydrogen-bond acceptors (Lipinski definition) is 4. The molecule has 26 heavy (non-hydrogen) atoms. The van der Waals surface area contributed by atoms with Crippen molar-refractivity contribution in [2.75, 3.05) is 11.4 Å². The Hall–Kier alpha value is -2.41. The summed E-state index contributed by atoms with van der Waals surface area (Å²) in [5, 5.41) is 0. The molecular formula is C19H17BrFNO4. The lowest BCUT2D eigenvalue weighted by Crippen LogP contribution is -2.45. The van der Waals surface area contributed by atoms with Gasteiger partial charge in [0.2, 0.25) is 0 Å². The van der Waals surface area contributed by atoms with Gasteiger partial charge in [-0.05, 0) is 31.2 Å². The van der Waals surface area contributed by atoms with Crippen molar-refractivity contribution in [3.8, 4) is 5.75 Å². The van der Waals surface area contributed by atoms with Gasteiger partial charge in [-0.15, -0.1) is 0 Å². The number of ether oxygens (including phenoxy) is 2. The number of rotatable bonds is 5. The third-order valence-corrected chi connectivity index (χ3v) is 4.51. The Kier molecular flexibility index (Phi) is 5.56. The third-order valence-electron chi connectivity index (χ3n) is 4.02. The number of anilines is 1. The predicted octanol–water partition coefficient (Wildman–Crippen LogP) is 3.84. The molecule has 0 aliphatic carbocycles. The van der Waals surface area contributed by atoms with Crippen LogP contribution in [0.2, 0.25) is 0 Å². The fourth-order valence-corrected chi connectivity index (χ4v) is 2.99. The molecule has 1 amide bonds. The second-order valence-electron chi connectivity index (χ2n) is 5.86. The quantitative estimate of drug-likeness (QED) is 0.688. The Balaban J connectivity index is 1.59. The maximum Gasteiger partial charge on any atom is 0.307 e. The molecule has 0 spiro atoms. The van der Waals surface area contributed by atoms with Gasteiger partial charge in [-0.2, -0.15) is 0 Å². The van der Waals surface area contributed by atoms with E-state index in [2.05, 4.69) is 15.9 Å². The zero-order valence-corrected chi connectivity index (χ0v) is 15.7. The molecule has 1 aliphatic heterocycles. The van der Waals surface area contributed by atoms with E-state index in [9.17, 15) is 14.0 Å². The molecule has 5 nitrogen and oxygen atoms in total. The number of esters is 1. The van der Waals surface area contributed by atoms with E-state index in [1.54, 1.807) is 37.3 Å². The molecule has 2 aromatic carbocycles. The monoisotopic (exact) mass is 421 g/mol. The Morgan fingerprint density at radius 2 is 2.08 bits per heavy atom. The van der Waals surface area contributed by atoms with E-state index in [4.69, 9.17) is 9.47 Å². The van der Waals surface area contributed by atoms with Crippen LogP contribution in [0.15, 0.2) is 46.9 Å². The molecule has 0 radical (unpaired) electrons. The lowest BCUT2D eigenvalue weighted by atomic mass is 10.2. The maximum atomic E-state index is 13.7. The summed E-state index contributed by atoms with van der Waals surface area (Å²) in [5.74, 6) is -0.560. The first kappa shape index (κ1) is 18.4. The average molecular weight is 422 g/mol. The van der Waals surface area contributed by atoms with Gasteiger partial charge in [0, 0.05) is 16.6 Å². The summed E-state index contributed by atoms with van der Waals surface area (Å²) in [6.07, 6.45) is -0.608. The summed E-state index contributed by atoms with van der Waals surface area (Å²) in [5.41, 5.74) is 0.922. The van der Waals surface area contributed by atoms with Crippen LogP contribution in [0.3, 0.4) is 0 Å². The Bertz CT molecular complexity index is 842. The van der Waals surface area contributed by atoms with E-state index in [-0.39, 0.29) is 25.5 Å². The highest BCUT2D eigenvalue weighted by Gasteiger charge is 2.31. The number of carbonyl (C=O) groups excluding carboxylic acids is 2. The molecule has 2 aromatic rings. The lowest BCUT2D eigenvalue weighted by Gasteiger charge is -2.32. The minimum absolute atomic E-state index is 0.00490. The van der Waals surface area contributed by atoms with E-state index in [0.717, 1.165) is 0 Å². The van der Waals surface area contributed by atoms with Crippen molar-refractivity contribution in [2.24, 2.45) is 0 Å². The van der Waals surface area contributed by atoms with E-state index in [0.29, 0.717) is 21.5 Å². The van der Waals surface area contributed by atoms with Crippen molar-refractivity contribution in [3.05, 3.63) is 58.3 Å². The Morgan fingerprint density at radius 1 is 1.31 bits per heavy atom. The van der Waals surface area contributed by atoms with Crippen LogP contribution in [0.5, 0.6) is 5.75 Å². The van der Waals surface area contributed by atoms with Crippen LogP contribution < -0.4 is 9.64 Å². The number of hydrogen-bond donors (Lipinski definition) is 0. The number of nitrogens with zero attached hydrogens (tertiary/aromatic N) is 1. The highest BCUT2D eigenvalue weighted by Crippen LogP contribution is 2.33. The third kappa shape index (κ3) is 4.04. The van der Waals surface area contributed by atoms with Crippen molar-refractivity contribution < 1.29 is 23.5 Å². The Labute approximate surface area is 158 Å². The first-order valence-corrected chi connectivity index (χ1v) is 8.91. The van der Waals surface area contributed by atoms with Gasteiger partial charge in [0.1, 0.15) is 18.2 Å². The standard InChI is InChI=1S/C19H17BrFNO4/c1-12-19(24)22(16-4-2-3-5-17(16)26-12)9-8-18(23)25-11-13-6-7-14(20)10-15(13)21/h2-7,10,12H,8-9,11H2,1H3. The molecule has 0 saturated heterocycles. The van der Waals surface area contributed by atoms with Crippen LogP contribution in [0.25, 0.3) is 0 Å². The van der Waals surface area contributed by atoms with Gasteiger partial charge in [0.15, 0.2) is 6.10 Å². The summed E-state index contributed by atoms with van der Waals surface area (Å²) < 4.78 is 25.0. The summed E-state index contributed by atoms with van der Waals surface area (Å²) >= 11 is 3.17. The smallest absolute Gasteiger partial charge is 0.307 e. The minimum Gasteiger partial charge on any atom is -0.479 e. The van der Waals surface area contributed by atoms with Crippen LogP contribution in [0.4, 0.5) is 10.1 Å². The summed E-state index contributed by atoms with van der Waals surface area (Å²) in [4.78, 5) is 25.9. The zero-order valence-electron chi connectivity index (χ0n) is 14.1. The van der Waals surface area contributed by atoms with Gasteiger partial charge >= 0.3 is 5.97 Å². The van der Waals surface area contributed by atoms with E-state index in [1.807, 2.05) is 6.07 Å². The molecule has 0 N–H and O–H groups in total. The van der Waals surface area contributed by atoms with Gasteiger partial charge in [-0.1, -0.05) is 34.1 Å². The topological polar surface area (TPSA) is 55.8 Å². The van der Waals surface area contributed by atoms with Gasteiger partial charge in [0.05, 0.1) is 12.1 Å². The molecule has 136 valence electrons. The molecule has 0 aromatic heterocycles. The van der Waals surface area contributed by atoms with Crippen LogP contribution >= 0.6 is 15.9 Å². The van der Waals surface area contributed by atoms with Crippen molar-refractivity contribution in [3.63, 3.8) is 0 Å². The van der Waals surface area contributed by atoms with Crippen LogP contribution in [0, 0.1) is 5.82 Å². The molecule has 1 unspecified atom stereocenters. The first-order valence-electron chi connectivity index (χ1n) is 8.12. The number of halogens is 2. The number of carbonyl (C=O) groups is 2. The largest absolute Gasteiger partial charge is 0.479 e. The zero-order chi connectivity index (χ0) is 18.7. The molecular weight excluding hydrogens is 405 g/mol. The van der Waals surface area contributed by atoms with Gasteiger partial charge in [-0.25, -0.2) is 4.39 Å². The van der Waals surface area contributed by atoms with Crippen molar-refractivity contribution in [2.45, 2.75) is 26.1 Å². The second-order valence-corrected chi connectivity index (χ2v) is 6.78. The van der Waals surface area contributed by atoms with Crippen molar-refractivity contribution >= 4 is 33.5 Å².